The molecule has 0 aliphatic rings. The number of methoxy groups -OCH3 is 1. The van der Waals surface area contributed by atoms with Crippen LogP contribution in [0, 0.1) is 0 Å². The summed E-state index contributed by atoms with van der Waals surface area (Å²) >= 11 is 0. The van der Waals surface area contributed by atoms with Gasteiger partial charge in [-0.05, 0) is 25.0 Å². The Hall–Kier alpha value is -2.36. The number of benzene rings is 1. The van der Waals surface area contributed by atoms with E-state index in [0.29, 0.717) is 18.0 Å². The molecule has 1 aromatic heterocycles. The second-order valence-corrected chi connectivity index (χ2v) is 5.27. The zero-order valence-electron chi connectivity index (χ0n) is 13.3. The standard InChI is InChI=1S/C18H22N2O2/c1-4-14(2)20(13-15-8-6-5-7-9-15)18(21)16-10-11-17(22-3)19-12-16/h5-12,14H,4,13H2,1-3H3. The molecule has 1 heterocycles. The third kappa shape index (κ3) is 3.85. The van der Waals surface area contributed by atoms with Crippen molar-refractivity contribution in [3.8, 4) is 5.88 Å². The van der Waals surface area contributed by atoms with Gasteiger partial charge in [0.2, 0.25) is 5.88 Å². The van der Waals surface area contributed by atoms with Gasteiger partial charge in [0.25, 0.3) is 5.91 Å². The number of hydrogen-bond donors (Lipinski definition) is 0. The van der Waals surface area contributed by atoms with Crippen molar-refractivity contribution in [3.05, 3.63) is 59.8 Å². The number of ether oxygens (including phenoxy) is 1. The molecule has 4 nitrogen and oxygen atoms in total. The number of hydrogen-bond acceptors (Lipinski definition) is 3. The van der Waals surface area contributed by atoms with E-state index in [0.717, 1.165) is 12.0 Å². The van der Waals surface area contributed by atoms with Crippen LogP contribution in [0.3, 0.4) is 0 Å². The van der Waals surface area contributed by atoms with Gasteiger partial charge in [0.15, 0.2) is 0 Å². The molecule has 0 N–H and O–H groups in total. The van der Waals surface area contributed by atoms with Gasteiger partial charge in [-0.1, -0.05) is 37.3 Å². The van der Waals surface area contributed by atoms with E-state index >= 15 is 0 Å². The van der Waals surface area contributed by atoms with Gasteiger partial charge < -0.3 is 9.64 Å². The fourth-order valence-electron chi connectivity index (χ4n) is 2.22. The van der Waals surface area contributed by atoms with E-state index in [9.17, 15) is 4.79 Å². The lowest BCUT2D eigenvalue weighted by atomic mass is 10.1. The topological polar surface area (TPSA) is 42.4 Å². The van der Waals surface area contributed by atoms with Gasteiger partial charge in [0.1, 0.15) is 0 Å². The van der Waals surface area contributed by atoms with E-state index in [4.69, 9.17) is 4.74 Å². The van der Waals surface area contributed by atoms with Crippen LogP contribution in [-0.2, 0) is 6.54 Å². The van der Waals surface area contributed by atoms with Crippen LogP contribution in [0.1, 0.15) is 36.2 Å². The zero-order valence-corrected chi connectivity index (χ0v) is 13.3. The summed E-state index contributed by atoms with van der Waals surface area (Å²) in [5, 5.41) is 0. The van der Waals surface area contributed by atoms with Crippen molar-refractivity contribution in [2.24, 2.45) is 0 Å². The van der Waals surface area contributed by atoms with E-state index in [-0.39, 0.29) is 11.9 Å². The van der Waals surface area contributed by atoms with Crippen molar-refractivity contribution in [1.82, 2.24) is 9.88 Å². The number of amides is 1. The molecule has 1 atom stereocenters. The SMILES string of the molecule is CCC(C)N(Cc1ccccc1)C(=O)c1ccc(OC)nc1. The molecule has 2 aromatic rings. The summed E-state index contributed by atoms with van der Waals surface area (Å²) in [6.45, 7) is 4.75. The van der Waals surface area contributed by atoms with Gasteiger partial charge >= 0.3 is 0 Å². The highest BCUT2D eigenvalue weighted by Crippen LogP contribution is 2.16. The Morgan fingerprint density at radius 3 is 2.50 bits per heavy atom. The lowest BCUT2D eigenvalue weighted by Gasteiger charge is -2.29. The van der Waals surface area contributed by atoms with E-state index in [2.05, 4.69) is 18.8 Å². The first kappa shape index (κ1) is 16.0. The van der Waals surface area contributed by atoms with Crippen molar-refractivity contribution >= 4 is 5.91 Å². The Morgan fingerprint density at radius 1 is 1.23 bits per heavy atom. The van der Waals surface area contributed by atoms with Crippen molar-refractivity contribution < 1.29 is 9.53 Å². The van der Waals surface area contributed by atoms with E-state index < -0.39 is 0 Å². The number of carbonyl (C=O) groups is 1. The fraction of sp³-hybridized carbons (Fsp3) is 0.333. The largest absolute Gasteiger partial charge is 0.481 e. The first-order chi connectivity index (χ1) is 10.7. The minimum atomic E-state index is -0.00615. The summed E-state index contributed by atoms with van der Waals surface area (Å²) in [5.41, 5.74) is 1.70. The van der Waals surface area contributed by atoms with Crippen molar-refractivity contribution in [3.63, 3.8) is 0 Å². The third-order valence-electron chi connectivity index (χ3n) is 3.77. The number of nitrogens with zero attached hydrogens (tertiary/aromatic N) is 2. The third-order valence-corrected chi connectivity index (χ3v) is 3.77. The predicted molar refractivity (Wildman–Crippen MR) is 86.9 cm³/mol. The highest BCUT2D eigenvalue weighted by molar-refractivity contribution is 5.94. The van der Waals surface area contributed by atoms with Gasteiger partial charge in [-0.15, -0.1) is 0 Å². The number of rotatable bonds is 6. The van der Waals surface area contributed by atoms with Crippen LogP contribution in [0.15, 0.2) is 48.7 Å². The molecule has 2 rings (SSSR count). The van der Waals surface area contributed by atoms with Crippen molar-refractivity contribution in [2.75, 3.05) is 7.11 Å². The van der Waals surface area contributed by atoms with Gasteiger partial charge in [0, 0.05) is 24.8 Å². The highest BCUT2D eigenvalue weighted by Gasteiger charge is 2.21. The van der Waals surface area contributed by atoms with Gasteiger partial charge in [0.05, 0.1) is 12.7 Å². The monoisotopic (exact) mass is 298 g/mol. The Bertz CT molecular complexity index is 596. The minimum absolute atomic E-state index is 0.00615. The number of carbonyl (C=O) groups excluding carboxylic acids is 1. The van der Waals surface area contributed by atoms with Crippen molar-refractivity contribution in [1.29, 1.82) is 0 Å². The molecule has 0 spiro atoms. The Balaban J connectivity index is 2.22. The summed E-state index contributed by atoms with van der Waals surface area (Å²) in [7, 11) is 1.56. The molecule has 4 heteroatoms. The van der Waals surface area contributed by atoms with Crippen LogP contribution in [0.5, 0.6) is 5.88 Å². The molecule has 116 valence electrons. The highest BCUT2D eigenvalue weighted by atomic mass is 16.5. The normalized spacial score (nSPS) is 11.8. The summed E-state index contributed by atoms with van der Waals surface area (Å²) in [6, 6.07) is 13.7. The predicted octanol–water partition coefficient (Wildman–Crippen LogP) is 3.53. The molecule has 0 saturated carbocycles. The zero-order chi connectivity index (χ0) is 15.9. The maximum absolute atomic E-state index is 12.8. The van der Waals surface area contributed by atoms with E-state index in [1.165, 1.54) is 0 Å². The van der Waals surface area contributed by atoms with Crippen molar-refractivity contribution in [2.45, 2.75) is 32.9 Å². The summed E-state index contributed by atoms with van der Waals surface area (Å²) < 4.78 is 5.04. The molecule has 0 radical (unpaired) electrons. The molecule has 1 unspecified atom stereocenters. The quantitative estimate of drug-likeness (QED) is 0.819. The van der Waals surface area contributed by atoms with Crippen LogP contribution in [0.25, 0.3) is 0 Å². The number of pyridine rings is 1. The van der Waals surface area contributed by atoms with Gasteiger partial charge in [-0.25, -0.2) is 4.98 Å². The molecule has 0 fully saturated rings. The summed E-state index contributed by atoms with van der Waals surface area (Å²) in [6.07, 6.45) is 2.48. The Labute approximate surface area is 131 Å². The smallest absolute Gasteiger partial charge is 0.255 e. The average Bonchev–Trinajstić information content (AvgIpc) is 2.59. The molecule has 1 aromatic carbocycles. The van der Waals surface area contributed by atoms with Crippen LogP contribution in [0.4, 0.5) is 0 Å². The van der Waals surface area contributed by atoms with Crippen LogP contribution in [-0.4, -0.2) is 28.9 Å². The second kappa shape index (κ2) is 7.59. The number of aromatic nitrogens is 1. The molecule has 22 heavy (non-hydrogen) atoms. The lowest BCUT2D eigenvalue weighted by Crippen LogP contribution is -2.37. The van der Waals surface area contributed by atoms with Gasteiger partial charge in [-0.2, -0.15) is 0 Å². The summed E-state index contributed by atoms with van der Waals surface area (Å²) in [4.78, 5) is 18.8. The molecular formula is C18H22N2O2. The fourth-order valence-corrected chi connectivity index (χ4v) is 2.22. The molecular weight excluding hydrogens is 276 g/mol. The van der Waals surface area contributed by atoms with Gasteiger partial charge in [-0.3, -0.25) is 4.79 Å². The average molecular weight is 298 g/mol. The van der Waals surface area contributed by atoms with Crippen LogP contribution >= 0.6 is 0 Å². The first-order valence-electron chi connectivity index (χ1n) is 7.50. The molecule has 0 bridgehead atoms. The maximum atomic E-state index is 12.8. The molecule has 0 aliphatic heterocycles. The summed E-state index contributed by atoms with van der Waals surface area (Å²) in [5.74, 6) is 0.503. The maximum Gasteiger partial charge on any atom is 0.255 e. The van der Waals surface area contributed by atoms with E-state index in [1.54, 1.807) is 25.4 Å². The molecule has 1 amide bonds. The van der Waals surface area contributed by atoms with Crippen LogP contribution < -0.4 is 4.74 Å². The first-order valence-corrected chi connectivity index (χ1v) is 7.50. The second-order valence-electron chi connectivity index (χ2n) is 5.27. The molecule has 0 saturated heterocycles. The van der Waals surface area contributed by atoms with Crippen LogP contribution in [0.2, 0.25) is 0 Å². The van der Waals surface area contributed by atoms with E-state index in [1.807, 2.05) is 35.2 Å². The Kier molecular flexibility index (Phi) is 5.53. The Morgan fingerprint density at radius 2 is 1.95 bits per heavy atom. The minimum Gasteiger partial charge on any atom is -0.481 e. The molecule has 0 aliphatic carbocycles. The lowest BCUT2D eigenvalue weighted by molar-refractivity contribution is 0.0671.